The third-order valence-corrected chi connectivity index (χ3v) is 8.26. The number of hydrogen-bond donors (Lipinski definition) is 1. The second-order valence-electron chi connectivity index (χ2n) is 12.1. The van der Waals surface area contributed by atoms with Gasteiger partial charge in [-0.05, 0) is 71.6 Å². The van der Waals surface area contributed by atoms with Crippen LogP contribution in [0.15, 0.2) is 0 Å². The van der Waals surface area contributed by atoms with Crippen LogP contribution in [-0.4, -0.2) is 90.4 Å². The molecule has 1 spiro atoms. The standard InChI is InChI=1S/C25H39N3O6/c1-23(2,3)34-22(31)28-7-4-10-32-19(15-28)20(29)27-8-5-25(6-9-27)14-18(16-33-25)26-21(30)24-11-17(12-24)13-24/h17-19H,4-16H2,1-3H3,(H,26,30)/t17?,18-,19+,24?/m1/s1. The predicted molar refractivity (Wildman–Crippen MR) is 123 cm³/mol. The zero-order valence-corrected chi connectivity index (χ0v) is 20.8. The first-order valence-electron chi connectivity index (χ1n) is 12.9. The zero-order chi connectivity index (χ0) is 24.1. The molecular weight excluding hydrogens is 438 g/mol. The molecule has 6 rings (SSSR count). The summed E-state index contributed by atoms with van der Waals surface area (Å²) in [6, 6.07) is 0.0661. The Morgan fingerprint density at radius 2 is 1.71 bits per heavy atom. The predicted octanol–water partition coefficient (Wildman–Crippen LogP) is 2.08. The van der Waals surface area contributed by atoms with Gasteiger partial charge in [-0.25, -0.2) is 4.79 Å². The van der Waals surface area contributed by atoms with Crippen LogP contribution in [0.5, 0.6) is 0 Å². The number of likely N-dealkylation sites (tertiary alicyclic amines) is 1. The summed E-state index contributed by atoms with van der Waals surface area (Å²) in [6.07, 6.45) is 5.09. The molecule has 34 heavy (non-hydrogen) atoms. The van der Waals surface area contributed by atoms with E-state index in [1.807, 2.05) is 25.7 Å². The van der Waals surface area contributed by atoms with Crippen LogP contribution in [0.4, 0.5) is 4.79 Å². The summed E-state index contributed by atoms with van der Waals surface area (Å²) >= 11 is 0. The Bertz CT molecular complexity index is 814. The minimum Gasteiger partial charge on any atom is -0.444 e. The van der Waals surface area contributed by atoms with Gasteiger partial charge < -0.3 is 29.3 Å². The van der Waals surface area contributed by atoms with Crippen LogP contribution in [0.2, 0.25) is 0 Å². The van der Waals surface area contributed by atoms with Gasteiger partial charge in [0.1, 0.15) is 5.60 Å². The highest BCUT2D eigenvalue weighted by atomic mass is 16.6. The van der Waals surface area contributed by atoms with Crippen molar-refractivity contribution in [3.63, 3.8) is 0 Å². The third kappa shape index (κ3) is 4.65. The quantitative estimate of drug-likeness (QED) is 0.669. The van der Waals surface area contributed by atoms with Crippen LogP contribution in [-0.2, 0) is 23.8 Å². The van der Waals surface area contributed by atoms with Crippen molar-refractivity contribution in [3.8, 4) is 0 Å². The minimum atomic E-state index is -0.673. The summed E-state index contributed by atoms with van der Waals surface area (Å²) < 4.78 is 17.5. The monoisotopic (exact) mass is 477 g/mol. The lowest BCUT2D eigenvalue weighted by Gasteiger charge is -2.60. The highest BCUT2D eigenvalue weighted by Crippen LogP contribution is 2.64. The molecule has 3 saturated carbocycles. The van der Waals surface area contributed by atoms with Crippen LogP contribution in [0.3, 0.4) is 0 Å². The summed E-state index contributed by atoms with van der Waals surface area (Å²) in [6.45, 7) is 8.42. The molecule has 0 aromatic rings. The van der Waals surface area contributed by atoms with Gasteiger partial charge in [0.05, 0.1) is 24.8 Å². The molecule has 3 amide bonds. The fourth-order valence-corrected chi connectivity index (χ4v) is 6.19. The molecule has 0 aromatic carbocycles. The maximum absolute atomic E-state index is 13.3. The van der Waals surface area contributed by atoms with E-state index < -0.39 is 17.8 Å². The summed E-state index contributed by atoms with van der Waals surface area (Å²) in [7, 11) is 0. The average Bonchev–Trinajstić information content (AvgIpc) is 2.92. The molecule has 0 radical (unpaired) electrons. The Labute approximate surface area is 201 Å². The molecule has 3 saturated heterocycles. The van der Waals surface area contributed by atoms with Crippen molar-refractivity contribution < 1.29 is 28.6 Å². The van der Waals surface area contributed by atoms with Crippen LogP contribution in [0, 0.1) is 11.3 Å². The maximum atomic E-state index is 13.3. The second-order valence-corrected chi connectivity index (χ2v) is 12.1. The number of rotatable bonds is 3. The van der Waals surface area contributed by atoms with Crippen LogP contribution >= 0.6 is 0 Å². The first-order valence-corrected chi connectivity index (χ1v) is 12.9. The van der Waals surface area contributed by atoms with E-state index in [0.717, 1.165) is 44.4 Å². The van der Waals surface area contributed by atoms with Gasteiger partial charge in [0, 0.05) is 31.7 Å². The lowest BCUT2D eigenvalue weighted by molar-refractivity contribution is -0.165. The molecule has 0 unspecified atom stereocenters. The number of ether oxygens (including phenoxy) is 3. The molecule has 1 N–H and O–H groups in total. The van der Waals surface area contributed by atoms with Crippen molar-refractivity contribution in [1.82, 2.24) is 15.1 Å². The Kier molecular flexibility index (Phi) is 6.07. The van der Waals surface area contributed by atoms with E-state index in [-0.39, 0.29) is 35.4 Å². The molecule has 0 aromatic heterocycles. The number of hydrogen-bond acceptors (Lipinski definition) is 6. The number of amides is 3. The molecule has 3 aliphatic heterocycles. The lowest BCUT2D eigenvalue weighted by Crippen LogP contribution is -2.61. The van der Waals surface area contributed by atoms with E-state index in [1.165, 1.54) is 0 Å². The first kappa shape index (κ1) is 23.9. The summed E-state index contributed by atoms with van der Waals surface area (Å²) in [4.78, 5) is 41.9. The van der Waals surface area contributed by atoms with Crippen LogP contribution in [0.25, 0.3) is 0 Å². The SMILES string of the molecule is CC(C)(C)OC(=O)N1CCCO[C@H](C(=O)N2CCC3(CC2)C[C@@H](NC(=O)C24CC(C2)C4)CO3)C1. The largest absolute Gasteiger partial charge is 0.444 e. The molecule has 3 heterocycles. The number of nitrogens with zero attached hydrogens (tertiary/aromatic N) is 2. The molecule has 9 heteroatoms. The van der Waals surface area contributed by atoms with Gasteiger partial charge in [-0.15, -0.1) is 0 Å². The number of carbonyl (C=O) groups is 3. The van der Waals surface area contributed by atoms with E-state index >= 15 is 0 Å². The highest BCUT2D eigenvalue weighted by molar-refractivity contribution is 5.86. The van der Waals surface area contributed by atoms with Gasteiger partial charge in [0.2, 0.25) is 5.91 Å². The van der Waals surface area contributed by atoms with Crippen LogP contribution < -0.4 is 5.32 Å². The topological polar surface area (TPSA) is 97.4 Å². The zero-order valence-electron chi connectivity index (χ0n) is 20.8. The smallest absolute Gasteiger partial charge is 0.410 e. The van der Waals surface area contributed by atoms with Crippen molar-refractivity contribution in [1.29, 1.82) is 0 Å². The van der Waals surface area contributed by atoms with Gasteiger partial charge in [-0.1, -0.05) is 0 Å². The van der Waals surface area contributed by atoms with E-state index in [0.29, 0.717) is 39.3 Å². The van der Waals surface area contributed by atoms with Crippen molar-refractivity contribution >= 4 is 17.9 Å². The van der Waals surface area contributed by atoms with Gasteiger partial charge in [0.15, 0.2) is 6.10 Å². The lowest BCUT2D eigenvalue weighted by atomic mass is 9.44. The molecule has 2 bridgehead atoms. The Morgan fingerprint density at radius 3 is 2.32 bits per heavy atom. The summed E-state index contributed by atoms with van der Waals surface area (Å²) in [5.74, 6) is 0.928. The van der Waals surface area contributed by atoms with E-state index in [1.54, 1.807) is 4.90 Å². The molecule has 190 valence electrons. The van der Waals surface area contributed by atoms with Crippen LogP contribution in [0.1, 0.15) is 65.7 Å². The molecule has 6 fully saturated rings. The van der Waals surface area contributed by atoms with E-state index in [9.17, 15) is 14.4 Å². The second kappa shape index (κ2) is 8.66. The Balaban J connectivity index is 1.11. The fourth-order valence-electron chi connectivity index (χ4n) is 6.19. The van der Waals surface area contributed by atoms with Crippen molar-refractivity contribution in [2.24, 2.45) is 11.3 Å². The van der Waals surface area contributed by atoms with Gasteiger partial charge in [0.25, 0.3) is 5.91 Å². The average molecular weight is 478 g/mol. The number of carbonyl (C=O) groups excluding carboxylic acids is 3. The number of nitrogens with one attached hydrogen (secondary N) is 1. The molecule has 3 aliphatic carbocycles. The van der Waals surface area contributed by atoms with Gasteiger partial charge in [-0.2, -0.15) is 0 Å². The van der Waals surface area contributed by atoms with Gasteiger partial charge in [-0.3, -0.25) is 9.59 Å². The normalized spacial score (nSPS) is 34.6. The molecule has 6 aliphatic rings. The minimum absolute atomic E-state index is 0.0661. The molecule has 2 atom stereocenters. The summed E-state index contributed by atoms with van der Waals surface area (Å²) in [5.41, 5.74) is -0.912. The Morgan fingerprint density at radius 1 is 1.00 bits per heavy atom. The van der Waals surface area contributed by atoms with Crippen molar-refractivity contribution in [3.05, 3.63) is 0 Å². The molecular formula is C25H39N3O6. The molecule has 9 nitrogen and oxygen atoms in total. The van der Waals surface area contributed by atoms with E-state index in [4.69, 9.17) is 14.2 Å². The van der Waals surface area contributed by atoms with Crippen molar-refractivity contribution in [2.45, 2.75) is 89.1 Å². The van der Waals surface area contributed by atoms with Crippen molar-refractivity contribution in [2.75, 3.05) is 39.4 Å². The Hall–Kier alpha value is -1.87. The first-order chi connectivity index (χ1) is 16.1. The fraction of sp³-hybridized carbons (Fsp3) is 0.880. The van der Waals surface area contributed by atoms with E-state index in [2.05, 4.69) is 5.32 Å². The number of piperidine rings is 1. The highest BCUT2D eigenvalue weighted by Gasteiger charge is 2.61. The van der Waals surface area contributed by atoms with Gasteiger partial charge >= 0.3 is 6.09 Å². The summed E-state index contributed by atoms with van der Waals surface area (Å²) in [5, 5.41) is 3.24. The maximum Gasteiger partial charge on any atom is 0.410 e. The third-order valence-electron chi connectivity index (χ3n) is 8.26.